The zero-order valence-corrected chi connectivity index (χ0v) is 40.0. The quantitative estimate of drug-likeness (QED) is 0.124. The van der Waals surface area contributed by atoms with Gasteiger partial charge in [0.05, 0.1) is 29.1 Å². The van der Waals surface area contributed by atoms with Crippen molar-refractivity contribution in [3.8, 4) is 22.6 Å². The first-order chi connectivity index (χ1) is 33.7. The van der Waals surface area contributed by atoms with Crippen molar-refractivity contribution >= 4 is 58.0 Å². The normalized spacial score (nSPS) is 22.9. The number of nitrogens with two attached hydrogens (primary N) is 1. The topological polar surface area (TPSA) is 181 Å². The molecular weight excluding hydrogens is 922 g/mol. The molecule has 4 N–H and O–H groups in total. The highest BCUT2D eigenvalue weighted by Crippen LogP contribution is 2.56. The van der Waals surface area contributed by atoms with Crippen molar-refractivity contribution in [1.29, 1.82) is 0 Å². The van der Waals surface area contributed by atoms with Crippen molar-refractivity contribution in [3.05, 3.63) is 106 Å². The van der Waals surface area contributed by atoms with Gasteiger partial charge in [0.2, 0.25) is 23.6 Å². The van der Waals surface area contributed by atoms with Gasteiger partial charge in [0, 0.05) is 98.8 Å². The van der Waals surface area contributed by atoms with Gasteiger partial charge < -0.3 is 30.3 Å². The number of rotatable bonds is 11. The van der Waals surface area contributed by atoms with E-state index in [0.29, 0.717) is 50.4 Å². The van der Waals surface area contributed by atoms with Gasteiger partial charge in [-0.2, -0.15) is 5.10 Å². The van der Waals surface area contributed by atoms with E-state index in [2.05, 4.69) is 16.7 Å². The van der Waals surface area contributed by atoms with E-state index in [1.165, 1.54) is 30.2 Å². The van der Waals surface area contributed by atoms with Crippen LogP contribution in [0.3, 0.4) is 0 Å². The average molecular weight is 978 g/mol. The molecule has 70 heavy (non-hydrogen) atoms. The fourth-order valence-electron chi connectivity index (χ4n) is 11.6. The first-order valence-corrected chi connectivity index (χ1v) is 24.4. The summed E-state index contributed by atoms with van der Waals surface area (Å²) in [5.74, 6) is -3.03. The van der Waals surface area contributed by atoms with E-state index in [0.717, 1.165) is 47.7 Å². The number of likely N-dealkylation sites (tertiary alicyclic amines) is 2. The number of halogens is 3. The summed E-state index contributed by atoms with van der Waals surface area (Å²) in [6.45, 7) is 4.49. The second-order valence-electron chi connectivity index (χ2n) is 19.3. The average Bonchev–Trinajstić information content (AvgIpc) is 3.83. The Morgan fingerprint density at radius 1 is 0.914 bits per heavy atom. The van der Waals surface area contributed by atoms with Gasteiger partial charge in [-0.3, -0.25) is 34.1 Å². The van der Waals surface area contributed by atoms with E-state index in [-0.39, 0.29) is 94.2 Å². The molecule has 4 aromatic carbocycles. The minimum absolute atomic E-state index is 0.0242. The lowest BCUT2D eigenvalue weighted by Crippen LogP contribution is -2.58. The largest absolute Gasteiger partial charge is 0.494 e. The van der Waals surface area contributed by atoms with Crippen LogP contribution in [0.1, 0.15) is 90.8 Å². The molecule has 6 amide bonds. The van der Waals surface area contributed by atoms with E-state index in [4.69, 9.17) is 31.9 Å². The molecule has 1 saturated carbocycles. The number of methoxy groups -OCH3 is 1. The fourth-order valence-corrected chi connectivity index (χ4v) is 11.9. The maximum absolute atomic E-state index is 16.2. The van der Waals surface area contributed by atoms with Gasteiger partial charge in [0.25, 0.3) is 0 Å². The number of primary amides is 1. The van der Waals surface area contributed by atoms with E-state index >= 15 is 8.78 Å². The molecule has 2 atom stereocenters. The molecule has 2 unspecified atom stereocenters. The number of imide groups is 1. The minimum atomic E-state index is -1.10. The highest BCUT2D eigenvalue weighted by molar-refractivity contribution is 6.34. The maximum Gasteiger partial charge on any atom is 0.329 e. The lowest BCUT2D eigenvalue weighted by molar-refractivity contribution is -0.152. The monoisotopic (exact) mass is 976 g/mol. The van der Waals surface area contributed by atoms with Crippen molar-refractivity contribution in [1.82, 2.24) is 30.2 Å². The predicted molar refractivity (Wildman–Crippen MR) is 258 cm³/mol. The number of amides is 6. The first kappa shape index (κ1) is 47.1. The highest BCUT2D eigenvalue weighted by atomic mass is 35.5. The second-order valence-corrected chi connectivity index (χ2v) is 19.7. The summed E-state index contributed by atoms with van der Waals surface area (Å²) in [4.78, 5) is 70.0. The molecule has 5 aliphatic rings. The molecule has 0 spiro atoms. The number of piperidine rings is 1. The van der Waals surface area contributed by atoms with E-state index in [1.807, 2.05) is 66.2 Å². The molecule has 366 valence electrons. The highest BCUT2D eigenvalue weighted by Gasteiger charge is 2.51. The second kappa shape index (κ2) is 18.6. The number of aromatic nitrogens is 2. The lowest BCUT2D eigenvalue weighted by Gasteiger charge is -2.44. The molecule has 10 rings (SSSR count). The summed E-state index contributed by atoms with van der Waals surface area (Å²) >= 11 is 6.69. The SMILES string of the molecule is COc1ccc(C(N)=O)c(-c2c(Cl)c(F)cc3c2C(C)C(CNC2CCC(C(=O)N4CC(C(=O)N5CCC(c6cccc7c(N8CCC(=O)NC8=O)nn(C)c67)CC5)C4)CC2)(c2ccccc2)O3)c1F. The van der Waals surface area contributed by atoms with Gasteiger partial charge in [-0.15, -0.1) is 0 Å². The smallest absolute Gasteiger partial charge is 0.329 e. The molecule has 1 aliphatic carbocycles. The molecule has 5 aromatic rings. The van der Waals surface area contributed by atoms with Gasteiger partial charge in [-0.1, -0.05) is 61.0 Å². The van der Waals surface area contributed by atoms with Crippen molar-refractivity contribution < 1.29 is 42.2 Å². The molecule has 18 heteroatoms. The Bertz CT molecular complexity index is 2930. The fraction of sp³-hybridized carbons (Fsp3) is 0.423. The number of ether oxygens (including phenoxy) is 2. The number of para-hydroxylation sites is 1. The van der Waals surface area contributed by atoms with Gasteiger partial charge in [-0.25, -0.2) is 13.6 Å². The van der Waals surface area contributed by atoms with Gasteiger partial charge >= 0.3 is 6.03 Å². The molecule has 4 fully saturated rings. The van der Waals surface area contributed by atoms with Gasteiger partial charge in [0.15, 0.2) is 23.0 Å². The van der Waals surface area contributed by atoms with E-state index in [9.17, 15) is 24.0 Å². The first-order valence-electron chi connectivity index (χ1n) is 24.0. The molecule has 3 saturated heterocycles. The van der Waals surface area contributed by atoms with Crippen LogP contribution in [0.2, 0.25) is 5.02 Å². The third-order valence-corrected chi connectivity index (χ3v) is 15.8. The van der Waals surface area contributed by atoms with Crippen molar-refractivity contribution in [2.24, 2.45) is 24.6 Å². The summed E-state index contributed by atoms with van der Waals surface area (Å²) in [6, 6.07) is 18.9. The molecular formula is C52H55ClF2N8O7. The van der Waals surface area contributed by atoms with Crippen LogP contribution >= 0.6 is 11.6 Å². The number of nitrogens with zero attached hydrogens (tertiary/aromatic N) is 5. The molecule has 5 heterocycles. The zero-order valence-electron chi connectivity index (χ0n) is 39.2. The number of carbonyl (C=O) groups is 5. The van der Waals surface area contributed by atoms with Crippen molar-refractivity contribution in [2.45, 2.75) is 75.3 Å². The Balaban J connectivity index is 0.753. The van der Waals surface area contributed by atoms with Crippen LogP contribution in [0.15, 0.2) is 66.7 Å². The number of carbonyl (C=O) groups excluding carboxylic acids is 5. The third kappa shape index (κ3) is 8.09. The Morgan fingerprint density at radius 2 is 1.63 bits per heavy atom. The number of urea groups is 1. The molecule has 0 bridgehead atoms. The van der Waals surface area contributed by atoms with Crippen LogP contribution in [0.4, 0.5) is 19.4 Å². The van der Waals surface area contributed by atoms with Gasteiger partial charge in [0.1, 0.15) is 11.6 Å². The number of aryl methyl sites for hydroxylation is 1. The van der Waals surface area contributed by atoms with Crippen LogP contribution in [0.25, 0.3) is 22.0 Å². The number of hydrogen-bond acceptors (Lipinski definition) is 9. The van der Waals surface area contributed by atoms with Crippen LogP contribution in [-0.4, -0.2) is 102 Å². The maximum atomic E-state index is 16.2. The van der Waals surface area contributed by atoms with Crippen LogP contribution in [0.5, 0.6) is 11.5 Å². The van der Waals surface area contributed by atoms with E-state index < -0.39 is 35.1 Å². The van der Waals surface area contributed by atoms with Crippen LogP contribution < -0.4 is 30.7 Å². The Kier molecular flexibility index (Phi) is 12.5. The summed E-state index contributed by atoms with van der Waals surface area (Å²) in [5, 5.41) is 11.2. The lowest BCUT2D eigenvalue weighted by atomic mass is 9.77. The summed E-state index contributed by atoms with van der Waals surface area (Å²) in [5.41, 5.74) is 7.45. The number of fused-ring (bicyclic) bond motifs is 2. The molecule has 0 radical (unpaired) electrons. The van der Waals surface area contributed by atoms with Crippen molar-refractivity contribution in [3.63, 3.8) is 0 Å². The Morgan fingerprint density at radius 3 is 2.31 bits per heavy atom. The van der Waals surface area contributed by atoms with Gasteiger partial charge in [-0.05, 0) is 73.8 Å². The number of nitrogens with one attached hydrogen (secondary N) is 2. The Labute approximate surface area is 408 Å². The Hall–Kier alpha value is -6.59. The predicted octanol–water partition coefficient (Wildman–Crippen LogP) is 7.13. The number of anilines is 1. The standard InChI is InChI=1S/C52H55ClF2N8O7/c1-28-41-39(24-37(54)44(53)43(41)42-35(47(56)65)16-17-38(69-3)45(42)55)70-52(28,32-8-5-4-6-9-32)27-57-33-14-12-30(13-15-33)49(66)62-25-31(26-62)50(67)61-21-18-29(19-22-61)34-10-7-11-36-46(34)60(2)59-48(36)63-23-20-40(64)58-51(63)68/h4-11,16-17,24,28-31,33,57H,12-15,18-23,25-27H2,1-3H3,(H2,56,65)(H,58,64,68). The number of hydrogen-bond donors (Lipinski definition) is 3. The number of benzene rings is 4. The van der Waals surface area contributed by atoms with Crippen molar-refractivity contribution in [2.75, 3.05) is 51.3 Å². The minimum Gasteiger partial charge on any atom is -0.494 e. The third-order valence-electron chi connectivity index (χ3n) is 15.5. The summed E-state index contributed by atoms with van der Waals surface area (Å²) in [7, 11) is 3.15. The summed E-state index contributed by atoms with van der Waals surface area (Å²) in [6.07, 6.45) is 4.53. The molecule has 1 aromatic heterocycles. The van der Waals surface area contributed by atoms with Crippen LogP contribution in [-0.2, 0) is 27.0 Å². The summed E-state index contributed by atoms with van der Waals surface area (Å²) < 4.78 is 45.8. The molecule has 4 aliphatic heterocycles. The van der Waals surface area contributed by atoms with E-state index in [1.54, 1.807) is 4.68 Å². The van der Waals surface area contributed by atoms with Crippen LogP contribution in [0, 0.1) is 23.5 Å². The zero-order chi connectivity index (χ0) is 49.2. The molecule has 15 nitrogen and oxygen atoms in total.